The fraction of sp³-hybridized carbons (Fsp3) is 0.339. The molecule has 0 radical (unpaired) electrons. The van der Waals surface area contributed by atoms with Crippen LogP contribution in [-0.2, 0) is 45.0 Å². The van der Waals surface area contributed by atoms with Crippen molar-refractivity contribution >= 4 is 68.3 Å². The van der Waals surface area contributed by atoms with Crippen molar-refractivity contribution in [2.24, 2.45) is 11.5 Å². The van der Waals surface area contributed by atoms with E-state index in [-0.39, 0.29) is 23.4 Å². The van der Waals surface area contributed by atoms with Crippen LogP contribution in [0.5, 0.6) is 23.0 Å². The van der Waals surface area contributed by atoms with Crippen LogP contribution in [0.25, 0.3) is 21.8 Å². The van der Waals surface area contributed by atoms with Crippen molar-refractivity contribution in [3.05, 3.63) is 142 Å². The number of aromatic nitrogens is 2. The summed E-state index contributed by atoms with van der Waals surface area (Å²) >= 11 is 0. The molecule has 2 heterocycles. The molecule has 0 aliphatic heterocycles. The third-order valence-corrected chi connectivity index (χ3v) is 13.2. The van der Waals surface area contributed by atoms with Crippen molar-refractivity contribution < 1.29 is 73.9 Å². The van der Waals surface area contributed by atoms with Crippen LogP contribution in [0.2, 0.25) is 0 Å². The number of fused-ring (bicyclic) bond motifs is 2. The molecule has 0 saturated carbocycles. The van der Waals surface area contributed by atoms with Gasteiger partial charge in [0.25, 0.3) is 11.8 Å². The molecule has 19 nitrogen and oxygen atoms in total. The van der Waals surface area contributed by atoms with Crippen LogP contribution < -0.4 is 46.4 Å². The lowest BCUT2D eigenvalue weighted by atomic mass is 10.0. The molecule has 0 saturated heterocycles. The zero-order valence-corrected chi connectivity index (χ0v) is 48.7. The number of anilines is 4. The van der Waals surface area contributed by atoms with Gasteiger partial charge >= 0.3 is 24.3 Å². The number of nitrogens with zero attached hydrogens (tertiary/aromatic N) is 4. The number of esters is 2. The summed E-state index contributed by atoms with van der Waals surface area (Å²) < 4.78 is 111. The number of pyridine rings is 2. The van der Waals surface area contributed by atoms with Crippen molar-refractivity contribution in [1.29, 1.82) is 5.26 Å². The summed E-state index contributed by atoms with van der Waals surface area (Å²) in [7, 11) is 0. The Bertz CT molecular complexity index is 3580. The highest BCUT2D eigenvalue weighted by atomic mass is 19.4. The average molecular weight is 1210 g/mol. The minimum Gasteiger partial charge on any atom is -0.490 e. The molecule has 5 aromatic carbocycles. The smallest absolute Gasteiger partial charge is 0.490 e. The third-order valence-electron chi connectivity index (χ3n) is 13.2. The average Bonchev–Trinajstić information content (AvgIpc) is 1.12. The van der Waals surface area contributed by atoms with Gasteiger partial charge in [-0.1, -0.05) is 68.4 Å². The Morgan fingerprint density at radius 2 is 1.08 bits per heavy atom. The lowest BCUT2D eigenvalue weighted by Crippen LogP contribution is -2.37. The Morgan fingerprint density at radius 3 is 1.52 bits per heavy atom. The SMILES string of the molecule is CCOc1cc2ncc(C(N)=O)c(Nc3cccc(CN(COC(=O)C(F)(F)F)CC(OC(=O)C(F)(F)F)c4ccccc4)c3CC)c2cc1OCC.CCOc1cc2ncc(C(N)=O)c(Nc3cccc(CNCCC#N)c3CC)c2cc1OCC. The molecule has 7 N–H and O–H groups in total. The Kier molecular flexibility index (Phi) is 23.9. The first kappa shape index (κ1) is 66.7. The van der Waals surface area contributed by atoms with E-state index in [0.717, 1.165) is 28.1 Å². The molecule has 1 unspecified atom stereocenters. The first-order chi connectivity index (χ1) is 41.6. The first-order valence-corrected chi connectivity index (χ1v) is 27.8. The molecular formula is C62H67F6N9O10. The lowest BCUT2D eigenvalue weighted by Gasteiger charge is -2.29. The summed E-state index contributed by atoms with van der Waals surface area (Å²) in [5.41, 5.74) is 18.4. The number of nitrogens with two attached hydrogens (primary N) is 2. The molecule has 7 aromatic rings. The van der Waals surface area contributed by atoms with Crippen LogP contribution in [0.3, 0.4) is 0 Å². The van der Waals surface area contributed by atoms with Gasteiger partial charge in [-0.2, -0.15) is 31.6 Å². The number of primary amides is 2. The zero-order chi connectivity index (χ0) is 63.4. The van der Waals surface area contributed by atoms with Crippen molar-refractivity contribution in [2.45, 2.75) is 92.4 Å². The van der Waals surface area contributed by atoms with E-state index >= 15 is 0 Å². The monoisotopic (exact) mass is 1210 g/mol. The van der Waals surface area contributed by atoms with E-state index in [9.17, 15) is 45.5 Å². The summed E-state index contributed by atoms with van der Waals surface area (Å²) in [5.74, 6) is -4.45. The number of halogens is 6. The fourth-order valence-electron chi connectivity index (χ4n) is 9.35. The largest absolute Gasteiger partial charge is 0.490 e. The van der Waals surface area contributed by atoms with Gasteiger partial charge in [0.2, 0.25) is 0 Å². The summed E-state index contributed by atoms with van der Waals surface area (Å²) in [6.07, 6.45) is -8.05. The number of carbonyl (C=O) groups is 4. The molecule has 0 spiro atoms. The van der Waals surface area contributed by atoms with Crippen molar-refractivity contribution in [2.75, 3.05) is 56.9 Å². The summed E-state index contributed by atoms with van der Waals surface area (Å²) in [6.45, 7) is 12.2. The second kappa shape index (κ2) is 31.1. The Hall–Kier alpha value is -9.41. The van der Waals surface area contributed by atoms with E-state index in [4.69, 9.17) is 40.4 Å². The Balaban J connectivity index is 0.000000306. The number of hydrogen-bond donors (Lipinski definition) is 5. The van der Waals surface area contributed by atoms with Crippen molar-refractivity contribution in [1.82, 2.24) is 20.2 Å². The number of ether oxygens (including phenoxy) is 6. The van der Waals surface area contributed by atoms with E-state index in [2.05, 4.69) is 49.7 Å². The van der Waals surface area contributed by atoms with E-state index < -0.39 is 55.5 Å². The van der Waals surface area contributed by atoms with Crippen LogP contribution in [0.4, 0.5) is 49.1 Å². The molecule has 2 amide bonds. The number of amides is 2. The van der Waals surface area contributed by atoms with Crippen LogP contribution in [0, 0.1) is 11.3 Å². The summed E-state index contributed by atoms with van der Waals surface area (Å²) in [4.78, 5) is 58.5. The highest BCUT2D eigenvalue weighted by molar-refractivity contribution is 6.09. The van der Waals surface area contributed by atoms with Crippen LogP contribution in [0.15, 0.2) is 103 Å². The van der Waals surface area contributed by atoms with Gasteiger partial charge in [0.15, 0.2) is 23.0 Å². The first-order valence-electron chi connectivity index (χ1n) is 27.8. The van der Waals surface area contributed by atoms with E-state index in [0.29, 0.717) is 125 Å². The van der Waals surface area contributed by atoms with E-state index in [1.165, 1.54) is 36.7 Å². The van der Waals surface area contributed by atoms with Gasteiger partial charge in [0, 0.05) is 79.3 Å². The van der Waals surface area contributed by atoms with E-state index in [1.54, 1.807) is 57.2 Å². The summed E-state index contributed by atoms with van der Waals surface area (Å²) in [5, 5.41) is 19.9. The number of rotatable bonds is 28. The van der Waals surface area contributed by atoms with Gasteiger partial charge < -0.3 is 55.8 Å². The molecular weight excluding hydrogens is 1140 g/mol. The minimum atomic E-state index is -5.37. The molecule has 2 aromatic heterocycles. The molecule has 25 heteroatoms. The quantitative estimate of drug-likeness (QED) is 0.0132. The maximum absolute atomic E-state index is 13.3. The van der Waals surface area contributed by atoms with Gasteiger partial charge in [0.1, 0.15) is 12.8 Å². The standard InChI is InChI=1S/C36H36F6N4O7.C26H31N5O3/c1-4-23-22(18-46(20-52-33(48)35(37,38)39)19-30(21-11-8-7-9-12-21)53-34(49)36(40,41)42)13-10-14-26(23)45-31-24-15-28(50-5-2)29(51-6-3)16-27(24)44-17-25(31)32(43)47;1-4-18-17(15-29-12-8-11-27)9-7-10-21(18)31-25-19-13-23(33-5-2)24(34-6-3)14-22(19)30-16-20(25)26(28)32/h7-17,30H,4-6,18-20H2,1-3H3,(H2,43,47)(H,44,45);7,9-10,13-14,16,29H,4-6,8,12,15H2,1-3H3,(H2,28,32)(H,30,31). The fourth-order valence-corrected chi connectivity index (χ4v) is 9.35. The Morgan fingerprint density at radius 1 is 0.621 bits per heavy atom. The maximum atomic E-state index is 13.3. The Labute approximate surface area is 498 Å². The number of hydrogen-bond acceptors (Lipinski definition) is 17. The number of nitrogens with one attached hydrogen (secondary N) is 3. The minimum absolute atomic E-state index is 0.0226. The topological polar surface area (TPSA) is 265 Å². The molecule has 0 fully saturated rings. The molecule has 0 aliphatic carbocycles. The zero-order valence-electron chi connectivity index (χ0n) is 48.7. The maximum Gasteiger partial charge on any atom is 0.490 e. The number of benzene rings is 5. The van der Waals surface area contributed by atoms with Gasteiger partial charge in [-0.05, 0) is 92.6 Å². The van der Waals surface area contributed by atoms with Gasteiger partial charge in [-0.3, -0.25) is 24.5 Å². The predicted octanol–water partition coefficient (Wildman–Crippen LogP) is 11.6. The molecule has 7 rings (SSSR count). The lowest BCUT2D eigenvalue weighted by molar-refractivity contribution is -0.209. The molecule has 87 heavy (non-hydrogen) atoms. The van der Waals surface area contributed by atoms with E-state index in [1.807, 2.05) is 38.1 Å². The number of carbonyl (C=O) groups excluding carboxylic acids is 4. The summed E-state index contributed by atoms with van der Waals surface area (Å²) in [6, 6.07) is 27.2. The van der Waals surface area contributed by atoms with Crippen LogP contribution in [-0.4, -0.2) is 97.2 Å². The second-order valence-electron chi connectivity index (χ2n) is 19.0. The molecule has 0 aliphatic rings. The number of alkyl halides is 6. The normalized spacial score (nSPS) is 11.7. The molecule has 462 valence electrons. The third kappa shape index (κ3) is 17.6. The van der Waals surface area contributed by atoms with Gasteiger partial charge in [0.05, 0.1) is 66.0 Å². The molecule has 0 bridgehead atoms. The van der Waals surface area contributed by atoms with Crippen LogP contribution >= 0.6 is 0 Å². The highest BCUT2D eigenvalue weighted by Gasteiger charge is 2.44. The van der Waals surface area contributed by atoms with Crippen molar-refractivity contribution in [3.8, 4) is 29.1 Å². The highest BCUT2D eigenvalue weighted by Crippen LogP contribution is 2.41. The van der Waals surface area contributed by atoms with Crippen LogP contribution in [0.1, 0.15) is 103 Å². The predicted molar refractivity (Wildman–Crippen MR) is 314 cm³/mol. The van der Waals surface area contributed by atoms with Crippen molar-refractivity contribution in [3.63, 3.8) is 0 Å². The number of nitriles is 1. The second-order valence-corrected chi connectivity index (χ2v) is 19.0. The van der Waals surface area contributed by atoms with Gasteiger partial charge in [-0.25, -0.2) is 9.59 Å². The molecule has 1 atom stereocenters. The van der Waals surface area contributed by atoms with Gasteiger partial charge in [-0.15, -0.1) is 0 Å².